The molecule has 2 bridgehead atoms. The van der Waals surface area contributed by atoms with Crippen LogP contribution in [0.1, 0.15) is 44.7 Å². The first kappa shape index (κ1) is 21.2. The molecule has 3 aliphatic rings. The highest BCUT2D eigenvalue weighted by molar-refractivity contribution is 5.92. The Bertz CT molecular complexity index is 1190. The van der Waals surface area contributed by atoms with Crippen molar-refractivity contribution in [2.24, 2.45) is 5.73 Å². The average Bonchev–Trinajstić information content (AvgIpc) is 2.67. The first-order chi connectivity index (χ1) is 14.9. The summed E-state index contributed by atoms with van der Waals surface area (Å²) >= 11 is 0. The zero-order valence-corrected chi connectivity index (χ0v) is 17.6. The van der Waals surface area contributed by atoms with E-state index in [2.05, 4.69) is 4.98 Å². The molecular weight excluding hydrogens is 423 g/mol. The van der Waals surface area contributed by atoms with Crippen molar-refractivity contribution in [1.82, 2.24) is 9.88 Å². The Balaban J connectivity index is 1.72. The van der Waals surface area contributed by atoms with E-state index in [1.54, 1.807) is 0 Å². The number of fused-ring (bicyclic) bond motifs is 2. The van der Waals surface area contributed by atoms with Crippen LogP contribution in [0.4, 0.5) is 13.2 Å². The number of aromatic nitrogens is 1. The van der Waals surface area contributed by atoms with Crippen LogP contribution in [0.25, 0.3) is 0 Å². The topological polar surface area (TPSA) is 99.4 Å². The van der Waals surface area contributed by atoms with Gasteiger partial charge in [0.1, 0.15) is 5.56 Å². The molecule has 2 aromatic rings. The highest BCUT2D eigenvalue weighted by atomic mass is 19.4. The molecule has 0 radical (unpaired) electrons. The molecule has 0 saturated carbocycles. The van der Waals surface area contributed by atoms with Gasteiger partial charge in [0.05, 0.1) is 12.1 Å². The number of nitrogens with one attached hydrogen (secondary N) is 1. The van der Waals surface area contributed by atoms with Crippen molar-refractivity contribution in [2.45, 2.75) is 55.8 Å². The molecule has 1 aromatic heterocycles. The Morgan fingerprint density at radius 1 is 1.28 bits per heavy atom. The number of benzene rings is 1. The van der Waals surface area contributed by atoms with Gasteiger partial charge in [0.25, 0.3) is 11.5 Å². The molecule has 2 aliphatic carbocycles. The normalized spacial score (nSPS) is 29.1. The third kappa shape index (κ3) is 2.94. The molecule has 1 aliphatic heterocycles. The first-order valence-corrected chi connectivity index (χ1v) is 10.6. The Kier molecular flexibility index (Phi) is 4.43. The number of carbonyl (C=O) groups is 1. The van der Waals surface area contributed by atoms with Crippen molar-refractivity contribution in [1.29, 1.82) is 0 Å². The van der Waals surface area contributed by atoms with Gasteiger partial charge in [-0.1, -0.05) is 23.8 Å². The van der Waals surface area contributed by atoms with E-state index >= 15 is 0 Å². The Labute approximate surface area is 182 Å². The number of rotatable bonds is 2. The summed E-state index contributed by atoms with van der Waals surface area (Å²) in [5, 5.41) is 12.2. The summed E-state index contributed by atoms with van der Waals surface area (Å²) in [5.41, 5.74) is 6.21. The van der Waals surface area contributed by atoms with E-state index in [0.29, 0.717) is 24.1 Å². The number of aryl methyl sites for hydroxylation is 1. The first-order valence-electron chi connectivity index (χ1n) is 10.6. The monoisotopic (exact) mass is 447 g/mol. The van der Waals surface area contributed by atoms with Gasteiger partial charge in [-0.15, -0.1) is 0 Å². The number of carbonyl (C=O) groups excluding carboxylic acids is 1. The van der Waals surface area contributed by atoms with Crippen molar-refractivity contribution in [3.05, 3.63) is 68.1 Å². The molecule has 9 heteroatoms. The van der Waals surface area contributed by atoms with E-state index in [1.807, 2.05) is 25.1 Å². The molecule has 32 heavy (non-hydrogen) atoms. The number of halogens is 3. The zero-order valence-electron chi connectivity index (χ0n) is 17.6. The van der Waals surface area contributed by atoms with E-state index in [1.165, 1.54) is 11.0 Å². The van der Waals surface area contributed by atoms with Gasteiger partial charge < -0.3 is 15.8 Å². The molecule has 3 atom stereocenters. The molecule has 5 rings (SSSR count). The summed E-state index contributed by atoms with van der Waals surface area (Å²) in [4.78, 5) is 28.2. The summed E-state index contributed by atoms with van der Waals surface area (Å²) in [7, 11) is 0. The smallest absolute Gasteiger partial charge is 0.387 e. The van der Waals surface area contributed by atoms with Gasteiger partial charge in [-0.3, -0.25) is 14.5 Å². The predicted molar refractivity (Wildman–Crippen MR) is 111 cm³/mol. The van der Waals surface area contributed by atoms with Crippen LogP contribution in [-0.4, -0.2) is 51.8 Å². The second kappa shape index (κ2) is 6.68. The molecule has 1 fully saturated rings. The maximum Gasteiger partial charge on any atom is 0.401 e. The van der Waals surface area contributed by atoms with Gasteiger partial charge in [0.15, 0.2) is 0 Å². The van der Waals surface area contributed by atoms with E-state index < -0.39 is 41.2 Å². The van der Waals surface area contributed by atoms with E-state index in [-0.39, 0.29) is 24.9 Å². The Morgan fingerprint density at radius 3 is 2.72 bits per heavy atom. The fraction of sp³-hybridized carbons (Fsp3) is 0.478. The lowest BCUT2D eigenvalue weighted by atomic mass is 9.49. The number of primary amides is 1. The highest BCUT2D eigenvalue weighted by Gasteiger charge is 2.65. The van der Waals surface area contributed by atoms with Gasteiger partial charge >= 0.3 is 6.18 Å². The molecule has 0 spiro atoms. The molecule has 6 nitrogen and oxygen atoms in total. The van der Waals surface area contributed by atoms with Crippen molar-refractivity contribution in [3.8, 4) is 0 Å². The average molecular weight is 447 g/mol. The molecule has 1 saturated heterocycles. The fourth-order valence-electron chi connectivity index (χ4n) is 6.26. The lowest BCUT2D eigenvalue weighted by Crippen LogP contribution is -2.74. The van der Waals surface area contributed by atoms with Crippen molar-refractivity contribution in [2.75, 3.05) is 13.1 Å². The number of likely N-dealkylation sites (tertiary alicyclic amines) is 1. The van der Waals surface area contributed by atoms with Crippen LogP contribution in [0.5, 0.6) is 0 Å². The predicted octanol–water partition coefficient (Wildman–Crippen LogP) is 1.74. The molecular formula is C23H24F3N3O3. The number of pyridine rings is 1. The molecule has 1 amide bonds. The highest BCUT2D eigenvalue weighted by Crippen LogP contribution is 2.56. The summed E-state index contributed by atoms with van der Waals surface area (Å²) < 4.78 is 40.1. The number of piperidine rings is 1. The number of hydrogen-bond acceptors (Lipinski definition) is 4. The molecule has 0 unspecified atom stereocenters. The van der Waals surface area contributed by atoms with E-state index in [4.69, 9.17) is 5.73 Å². The maximum absolute atomic E-state index is 13.4. The third-order valence-corrected chi connectivity index (χ3v) is 7.64. The van der Waals surface area contributed by atoms with Crippen LogP contribution in [0.3, 0.4) is 0 Å². The standard InChI is InChI=1S/C23H24F3N3O3/c1-12-2-3-13-8-18-22(32)9-14-7-15(19(27)30)20(31)28-17(14)10-21(22,16(13)6-12)4-5-29(18)11-23(24,25)26/h2-3,6-7,18,32H,4-5,8-11H2,1H3,(H2,27,30)(H,28,31)/t18-,21-,22-/m1/s1. The van der Waals surface area contributed by atoms with E-state index in [9.17, 15) is 27.9 Å². The second-order valence-electron chi connectivity index (χ2n) is 9.46. The van der Waals surface area contributed by atoms with E-state index in [0.717, 1.165) is 16.7 Å². The number of hydrogen-bond donors (Lipinski definition) is 3. The van der Waals surface area contributed by atoms with Crippen LogP contribution in [0.2, 0.25) is 0 Å². The number of amides is 1. The van der Waals surface area contributed by atoms with Gasteiger partial charge in [-0.05, 0) is 49.1 Å². The van der Waals surface area contributed by atoms with Gasteiger partial charge in [0, 0.05) is 30.0 Å². The van der Waals surface area contributed by atoms with Gasteiger partial charge in [-0.25, -0.2) is 0 Å². The quantitative estimate of drug-likeness (QED) is 0.653. The van der Waals surface area contributed by atoms with Crippen molar-refractivity contribution >= 4 is 5.91 Å². The van der Waals surface area contributed by atoms with Crippen LogP contribution in [0.15, 0.2) is 29.1 Å². The second-order valence-corrected chi connectivity index (χ2v) is 9.46. The Hall–Kier alpha value is -2.65. The van der Waals surface area contributed by atoms with Gasteiger partial charge in [-0.2, -0.15) is 13.2 Å². The SMILES string of the molecule is Cc1ccc2c(c1)[C@]13CCN(CC(F)(F)F)[C@H](C2)[C@]1(O)Cc1cc(C(N)=O)c(=O)[nH]c1C3. The number of aromatic amines is 1. The minimum absolute atomic E-state index is 0.0335. The maximum atomic E-state index is 13.4. The number of alkyl halides is 3. The van der Waals surface area contributed by atoms with Crippen molar-refractivity contribution < 1.29 is 23.1 Å². The number of nitrogens with two attached hydrogens (primary N) is 1. The fourth-order valence-corrected chi connectivity index (χ4v) is 6.26. The lowest BCUT2D eigenvalue weighted by molar-refractivity contribution is -0.196. The third-order valence-electron chi connectivity index (χ3n) is 7.64. The molecule has 4 N–H and O–H groups in total. The molecule has 1 aromatic carbocycles. The zero-order chi connectivity index (χ0) is 23.1. The summed E-state index contributed by atoms with van der Waals surface area (Å²) in [6, 6.07) is 6.52. The van der Waals surface area contributed by atoms with Gasteiger partial charge in [0.2, 0.25) is 0 Å². The van der Waals surface area contributed by atoms with Crippen LogP contribution in [0, 0.1) is 6.92 Å². The minimum Gasteiger partial charge on any atom is -0.387 e. The van der Waals surface area contributed by atoms with Crippen LogP contribution in [-0.2, 0) is 24.7 Å². The molecule has 170 valence electrons. The molecule has 2 heterocycles. The largest absolute Gasteiger partial charge is 0.401 e. The number of aliphatic hydroxyl groups is 1. The summed E-state index contributed by atoms with van der Waals surface area (Å²) in [5.74, 6) is -0.884. The summed E-state index contributed by atoms with van der Waals surface area (Å²) in [6.07, 6.45) is -3.45. The number of H-pyrrole nitrogens is 1. The summed E-state index contributed by atoms with van der Waals surface area (Å²) in [6.45, 7) is 1.04. The van der Waals surface area contributed by atoms with Crippen LogP contribution >= 0.6 is 0 Å². The Morgan fingerprint density at radius 2 is 2.03 bits per heavy atom. The lowest BCUT2D eigenvalue weighted by Gasteiger charge is -2.63. The van der Waals surface area contributed by atoms with Crippen LogP contribution < -0.4 is 11.3 Å². The number of nitrogens with zero attached hydrogens (tertiary/aromatic N) is 1. The van der Waals surface area contributed by atoms with Crippen molar-refractivity contribution in [3.63, 3.8) is 0 Å². The minimum atomic E-state index is -4.39.